The molecule has 7 nitrogen and oxygen atoms in total. The Kier molecular flexibility index (Phi) is 8.89. The first-order valence-electron chi connectivity index (χ1n) is 12.5. The van der Waals surface area contributed by atoms with Crippen LogP contribution in [0.1, 0.15) is 59.8 Å². The minimum absolute atomic E-state index is 0.0979. The maximum atomic E-state index is 13.3. The highest BCUT2D eigenvalue weighted by Crippen LogP contribution is 2.34. The van der Waals surface area contributed by atoms with Crippen molar-refractivity contribution in [3.63, 3.8) is 0 Å². The highest BCUT2D eigenvalue weighted by atomic mass is 35.5. The molecule has 1 aliphatic rings. The van der Waals surface area contributed by atoms with E-state index in [-0.39, 0.29) is 17.9 Å². The fourth-order valence-electron chi connectivity index (χ4n) is 5.30. The normalized spacial score (nSPS) is 18.0. The van der Waals surface area contributed by atoms with Crippen molar-refractivity contribution >= 4 is 29.0 Å². The minimum atomic E-state index is -0.224. The van der Waals surface area contributed by atoms with Crippen LogP contribution in [0.5, 0.6) is 0 Å². The molecule has 0 atom stereocenters. The lowest BCUT2D eigenvalue weighted by Crippen LogP contribution is -2.42. The lowest BCUT2D eigenvalue weighted by Gasteiger charge is -2.40. The van der Waals surface area contributed by atoms with E-state index in [2.05, 4.69) is 41.5 Å². The first kappa shape index (κ1) is 27.1. The van der Waals surface area contributed by atoms with Crippen molar-refractivity contribution in [2.75, 3.05) is 37.9 Å². The Morgan fingerprint density at radius 3 is 2.31 bits per heavy atom. The molecule has 0 unspecified atom stereocenters. The first-order valence-corrected chi connectivity index (χ1v) is 12.8. The van der Waals surface area contributed by atoms with E-state index in [0.717, 1.165) is 42.1 Å². The predicted molar refractivity (Wildman–Crippen MR) is 146 cm³/mol. The molecule has 1 aromatic carbocycles. The van der Waals surface area contributed by atoms with Gasteiger partial charge in [-0.3, -0.25) is 9.59 Å². The average molecular weight is 502 g/mol. The summed E-state index contributed by atoms with van der Waals surface area (Å²) in [5.74, 6) is 0.509. The van der Waals surface area contributed by atoms with E-state index in [1.54, 1.807) is 19.2 Å². The summed E-state index contributed by atoms with van der Waals surface area (Å²) in [6, 6.07) is 6.32. The summed E-state index contributed by atoms with van der Waals surface area (Å²) < 4.78 is 1.91. The third kappa shape index (κ3) is 5.84. The van der Waals surface area contributed by atoms with Crippen LogP contribution in [-0.2, 0) is 13.6 Å². The molecule has 2 aromatic rings. The Morgan fingerprint density at radius 1 is 1.11 bits per heavy atom. The first-order chi connectivity index (χ1) is 16.6. The number of hydrogen-bond acceptors (Lipinski definition) is 5. The van der Waals surface area contributed by atoms with Gasteiger partial charge in [0.2, 0.25) is 0 Å². The molecular formula is C27H40ClN5O2. The number of hydrogen-bond donors (Lipinski definition) is 2. The molecule has 1 fully saturated rings. The van der Waals surface area contributed by atoms with Gasteiger partial charge < -0.3 is 25.0 Å². The van der Waals surface area contributed by atoms with Crippen LogP contribution in [0.3, 0.4) is 0 Å². The summed E-state index contributed by atoms with van der Waals surface area (Å²) in [4.78, 5) is 30.6. The summed E-state index contributed by atoms with van der Waals surface area (Å²) in [5, 5.41) is 6.52. The van der Waals surface area contributed by atoms with Crippen molar-refractivity contribution in [3.8, 4) is 0 Å². The molecule has 192 valence electrons. The maximum Gasteiger partial charge on any atom is 0.251 e. The van der Waals surface area contributed by atoms with Crippen molar-refractivity contribution in [1.82, 2.24) is 14.8 Å². The van der Waals surface area contributed by atoms with E-state index in [1.165, 1.54) is 12.8 Å². The van der Waals surface area contributed by atoms with Crippen LogP contribution in [-0.4, -0.2) is 55.1 Å². The van der Waals surface area contributed by atoms with E-state index in [9.17, 15) is 9.59 Å². The monoisotopic (exact) mass is 501 g/mol. The number of carbonyl (C=O) groups excluding carboxylic acids is 1. The zero-order valence-electron chi connectivity index (χ0n) is 22.2. The van der Waals surface area contributed by atoms with Crippen molar-refractivity contribution in [1.29, 1.82) is 0 Å². The van der Waals surface area contributed by atoms with Gasteiger partial charge in [-0.25, -0.2) is 0 Å². The molecular weight excluding hydrogens is 462 g/mol. The largest absolute Gasteiger partial charge is 0.374 e. The van der Waals surface area contributed by atoms with E-state index < -0.39 is 0 Å². The van der Waals surface area contributed by atoms with Gasteiger partial charge in [0, 0.05) is 72.9 Å². The highest BCUT2D eigenvalue weighted by molar-refractivity contribution is 6.31. The van der Waals surface area contributed by atoms with Gasteiger partial charge in [0.05, 0.1) is 0 Å². The fraction of sp³-hybridized carbons (Fsp3) is 0.556. The van der Waals surface area contributed by atoms with Crippen LogP contribution in [0.4, 0.5) is 11.5 Å². The van der Waals surface area contributed by atoms with Crippen LogP contribution < -0.4 is 21.0 Å². The molecule has 0 saturated heterocycles. The van der Waals surface area contributed by atoms with Gasteiger partial charge in [-0.2, -0.15) is 0 Å². The molecule has 1 amide bonds. The van der Waals surface area contributed by atoms with E-state index >= 15 is 0 Å². The third-order valence-electron chi connectivity index (χ3n) is 7.63. The topological polar surface area (TPSA) is 69.6 Å². The number of anilines is 2. The number of nitrogens with zero attached hydrogens (tertiary/aromatic N) is 3. The molecule has 2 N–H and O–H groups in total. The molecule has 3 rings (SSSR count). The number of aromatic nitrogens is 1. The number of halogens is 1. The van der Waals surface area contributed by atoms with E-state index in [1.807, 2.05) is 31.5 Å². The molecule has 0 radical (unpaired) electrons. The quantitative estimate of drug-likeness (QED) is 0.563. The lowest BCUT2D eigenvalue weighted by molar-refractivity contribution is 0.0950. The second-order valence-corrected chi connectivity index (χ2v) is 10.2. The maximum absolute atomic E-state index is 13.3. The van der Waals surface area contributed by atoms with Gasteiger partial charge in [0.15, 0.2) is 5.43 Å². The van der Waals surface area contributed by atoms with E-state index in [0.29, 0.717) is 28.2 Å². The van der Waals surface area contributed by atoms with Crippen LogP contribution in [0.15, 0.2) is 23.0 Å². The molecule has 0 aliphatic heterocycles. The Balaban J connectivity index is 1.83. The Hall–Kier alpha value is -2.51. The van der Waals surface area contributed by atoms with Crippen LogP contribution in [0.2, 0.25) is 5.02 Å². The van der Waals surface area contributed by atoms with Gasteiger partial charge in [-0.15, -0.1) is 0 Å². The zero-order chi connectivity index (χ0) is 25.9. The number of amides is 1. The second-order valence-electron chi connectivity index (χ2n) is 9.76. The number of benzene rings is 1. The zero-order valence-corrected chi connectivity index (χ0v) is 22.9. The van der Waals surface area contributed by atoms with Crippen molar-refractivity contribution in [2.45, 2.75) is 65.1 Å². The summed E-state index contributed by atoms with van der Waals surface area (Å²) in [6.45, 7) is 7.05. The number of carbonyl (C=O) groups is 1. The van der Waals surface area contributed by atoms with E-state index in [4.69, 9.17) is 11.6 Å². The van der Waals surface area contributed by atoms with Gasteiger partial charge in [0.25, 0.3) is 5.91 Å². The smallest absolute Gasteiger partial charge is 0.251 e. The number of nitrogens with one attached hydrogen (secondary N) is 2. The third-order valence-corrected chi connectivity index (χ3v) is 7.84. The highest BCUT2D eigenvalue weighted by Gasteiger charge is 2.28. The molecule has 0 bridgehead atoms. The summed E-state index contributed by atoms with van der Waals surface area (Å²) in [6.07, 6.45) is 4.58. The SMILES string of the molecule is CCN(c1cc(Cl)cc(C(=O)NCc2c(C)n(C)c(NC)cc2=O)c1C)C1CCC(N(C)C)CC1. The Labute approximate surface area is 214 Å². The van der Waals surface area contributed by atoms with Gasteiger partial charge >= 0.3 is 0 Å². The molecule has 0 spiro atoms. The molecule has 1 aliphatic carbocycles. The molecule has 1 heterocycles. The van der Waals surface area contributed by atoms with Crippen molar-refractivity contribution in [2.24, 2.45) is 7.05 Å². The predicted octanol–water partition coefficient (Wildman–Crippen LogP) is 4.33. The van der Waals surface area contributed by atoms with Gasteiger partial charge in [0.1, 0.15) is 5.82 Å². The number of pyridine rings is 1. The summed E-state index contributed by atoms with van der Waals surface area (Å²) >= 11 is 6.52. The van der Waals surface area contributed by atoms with Crippen molar-refractivity contribution < 1.29 is 4.79 Å². The molecule has 35 heavy (non-hydrogen) atoms. The van der Waals surface area contributed by atoms with Crippen LogP contribution in [0, 0.1) is 13.8 Å². The van der Waals surface area contributed by atoms with Crippen molar-refractivity contribution in [3.05, 3.63) is 55.8 Å². The Morgan fingerprint density at radius 2 is 1.74 bits per heavy atom. The molecule has 1 saturated carbocycles. The standard InChI is InChI=1S/C27H40ClN5O2/c1-8-33(21-11-9-20(10-12-21)31(5)6)24-14-19(28)13-22(17(24)2)27(35)30-16-23-18(3)32(7)26(29-4)15-25(23)34/h13-15,20-21,29H,8-12,16H2,1-7H3,(H,30,35). The van der Waals surface area contributed by atoms with Crippen LogP contribution >= 0.6 is 11.6 Å². The van der Waals surface area contributed by atoms with Gasteiger partial charge in [-0.1, -0.05) is 11.6 Å². The van der Waals surface area contributed by atoms with Gasteiger partial charge in [-0.05, 0) is 78.2 Å². The van der Waals surface area contributed by atoms with Crippen LogP contribution in [0.25, 0.3) is 0 Å². The number of rotatable bonds is 8. The summed E-state index contributed by atoms with van der Waals surface area (Å²) in [7, 11) is 7.98. The summed E-state index contributed by atoms with van der Waals surface area (Å²) in [5.41, 5.74) is 3.78. The lowest BCUT2D eigenvalue weighted by atomic mass is 9.89. The second kappa shape index (κ2) is 11.5. The minimum Gasteiger partial charge on any atom is -0.374 e. The molecule has 1 aromatic heterocycles. The Bertz CT molecular complexity index is 1120. The fourth-order valence-corrected chi connectivity index (χ4v) is 5.51. The molecule has 8 heteroatoms. The average Bonchev–Trinajstić information content (AvgIpc) is 2.83.